The highest BCUT2D eigenvalue weighted by Gasteiger charge is 2.33. The van der Waals surface area contributed by atoms with Gasteiger partial charge in [0.2, 0.25) is 0 Å². The van der Waals surface area contributed by atoms with Crippen molar-refractivity contribution in [1.29, 1.82) is 0 Å². The molecule has 1 atom stereocenters. The van der Waals surface area contributed by atoms with E-state index in [0.717, 1.165) is 0 Å². The summed E-state index contributed by atoms with van der Waals surface area (Å²) in [6.45, 7) is 6.95. The van der Waals surface area contributed by atoms with Crippen LogP contribution in [0, 0.1) is 0 Å². The van der Waals surface area contributed by atoms with Crippen LogP contribution in [0.4, 0.5) is 5.69 Å². The molecule has 2 fully saturated rings. The van der Waals surface area contributed by atoms with Crippen LogP contribution in [-0.4, -0.2) is 30.9 Å². The first-order valence-electron chi connectivity index (χ1n) is 6.96. The average molecular weight is 279 g/mol. The van der Waals surface area contributed by atoms with Crippen LogP contribution in [-0.2, 0) is 9.47 Å². The van der Waals surface area contributed by atoms with Crippen LogP contribution < -0.4 is 4.90 Å². The normalized spacial score (nSPS) is 26.0. The number of anilines is 1. The average Bonchev–Trinajstić information content (AvgIpc) is 3.00. The summed E-state index contributed by atoms with van der Waals surface area (Å²) in [5.41, 5.74) is 1.44. The molecule has 19 heavy (non-hydrogen) atoms. The van der Waals surface area contributed by atoms with Gasteiger partial charge in [0.05, 0.1) is 12.3 Å². The molecule has 0 N–H and O–H groups in total. The van der Waals surface area contributed by atoms with Gasteiger partial charge in [0.15, 0.2) is 5.79 Å². The minimum Gasteiger partial charge on any atom is -0.371 e. The molecular formula is C15H21NO2S. The second-order valence-electron chi connectivity index (χ2n) is 5.54. The summed E-state index contributed by atoms with van der Waals surface area (Å²) in [7, 11) is 0. The maximum Gasteiger partial charge on any atom is 0.164 e. The van der Waals surface area contributed by atoms with Crippen molar-refractivity contribution in [2.75, 3.05) is 24.6 Å². The number of benzene rings is 1. The maximum absolute atomic E-state index is 5.89. The van der Waals surface area contributed by atoms with E-state index in [1.807, 2.05) is 13.8 Å². The molecule has 1 aromatic rings. The van der Waals surface area contributed by atoms with Gasteiger partial charge in [0.25, 0.3) is 0 Å². The molecule has 104 valence electrons. The van der Waals surface area contributed by atoms with Crippen LogP contribution in [0.2, 0.25) is 0 Å². The standard InChI is InChI=1S/C15H21NO2S/c1-15(2)17-11-14(18-15)19-13-8-4-3-7-12(13)16-9-5-6-10-16/h3-4,7-8,14H,5-6,9-11H2,1-2H3. The number of ether oxygens (including phenoxy) is 2. The first kappa shape index (κ1) is 13.3. The molecule has 0 radical (unpaired) electrons. The van der Waals surface area contributed by atoms with Crippen molar-refractivity contribution in [2.24, 2.45) is 0 Å². The van der Waals surface area contributed by atoms with Crippen LogP contribution >= 0.6 is 11.8 Å². The molecule has 3 rings (SSSR count). The van der Waals surface area contributed by atoms with E-state index < -0.39 is 5.79 Å². The van der Waals surface area contributed by atoms with Crippen molar-refractivity contribution in [3.63, 3.8) is 0 Å². The lowest BCUT2D eigenvalue weighted by molar-refractivity contribution is -0.129. The van der Waals surface area contributed by atoms with E-state index in [1.54, 1.807) is 11.8 Å². The molecule has 0 aromatic heterocycles. The quantitative estimate of drug-likeness (QED) is 0.844. The second-order valence-corrected chi connectivity index (χ2v) is 6.74. The molecule has 2 aliphatic heterocycles. The third-order valence-corrected chi connectivity index (χ3v) is 4.65. The predicted molar refractivity (Wildman–Crippen MR) is 78.7 cm³/mol. The number of nitrogens with zero attached hydrogens (tertiary/aromatic N) is 1. The lowest BCUT2D eigenvalue weighted by Gasteiger charge is -2.22. The van der Waals surface area contributed by atoms with Crippen molar-refractivity contribution >= 4 is 17.4 Å². The van der Waals surface area contributed by atoms with Gasteiger partial charge in [-0.15, -0.1) is 0 Å². The molecule has 1 aromatic carbocycles. The number of thioether (sulfide) groups is 1. The van der Waals surface area contributed by atoms with E-state index in [9.17, 15) is 0 Å². The van der Waals surface area contributed by atoms with E-state index >= 15 is 0 Å². The van der Waals surface area contributed by atoms with E-state index in [-0.39, 0.29) is 5.44 Å². The zero-order valence-electron chi connectivity index (χ0n) is 11.6. The lowest BCUT2D eigenvalue weighted by atomic mass is 10.3. The summed E-state index contributed by atoms with van der Waals surface area (Å²) in [5, 5.41) is 0. The smallest absolute Gasteiger partial charge is 0.164 e. The molecule has 4 heteroatoms. The summed E-state index contributed by atoms with van der Waals surface area (Å²) in [4.78, 5) is 3.78. The van der Waals surface area contributed by atoms with Crippen molar-refractivity contribution in [3.8, 4) is 0 Å². The van der Waals surface area contributed by atoms with Crippen LogP contribution in [0.15, 0.2) is 29.2 Å². The molecule has 0 bridgehead atoms. The molecule has 2 aliphatic rings. The first-order valence-corrected chi connectivity index (χ1v) is 7.84. The summed E-state index contributed by atoms with van der Waals surface area (Å²) < 4.78 is 11.5. The Bertz CT molecular complexity index is 444. The van der Waals surface area contributed by atoms with Gasteiger partial charge in [-0.2, -0.15) is 0 Å². The Labute approximate surface area is 119 Å². The Morgan fingerprint density at radius 3 is 2.63 bits per heavy atom. The Balaban J connectivity index is 1.74. The Hall–Kier alpha value is -0.710. The number of hydrogen-bond donors (Lipinski definition) is 0. The third-order valence-electron chi connectivity index (χ3n) is 3.55. The number of hydrogen-bond acceptors (Lipinski definition) is 4. The van der Waals surface area contributed by atoms with Gasteiger partial charge >= 0.3 is 0 Å². The topological polar surface area (TPSA) is 21.7 Å². The van der Waals surface area contributed by atoms with Gasteiger partial charge in [-0.1, -0.05) is 23.9 Å². The van der Waals surface area contributed by atoms with Gasteiger partial charge < -0.3 is 14.4 Å². The van der Waals surface area contributed by atoms with Gasteiger partial charge in [-0.05, 0) is 38.8 Å². The fraction of sp³-hybridized carbons (Fsp3) is 0.600. The molecule has 2 heterocycles. The van der Waals surface area contributed by atoms with E-state index in [4.69, 9.17) is 9.47 Å². The highest BCUT2D eigenvalue weighted by molar-refractivity contribution is 8.00. The largest absolute Gasteiger partial charge is 0.371 e. The van der Waals surface area contributed by atoms with Crippen LogP contribution in [0.25, 0.3) is 0 Å². The fourth-order valence-electron chi connectivity index (χ4n) is 2.63. The van der Waals surface area contributed by atoms with Gasteiger partial charge in [-0.25, -0.2) is 0 Å². The number of rotatable bonds is 3. The summed E-state index contributed by atoms with van der Waals surface area (Å²) in [6, 6.07) is 8.62. The van der Waals surface area contributed by atoms with Crippen LogP contribution in [0.5, 0.6) is 0 Å². The molecule has 3 nitrogen and oxygen atoms in total. The highest BCUT2D eigenvalue weighted by Crippen LogP contribution is 2.38. The molecule has 0 saturated carbocycles. The SMILES string of the molecule is CC1(C)OCC(Sc2ccccc2N2CCCC2)O1. The van der Waals surface area contributed by atoms with Crippen LogP contribution in [0.1, 0.15) is 26.7 Å². The molecule has 2 saturated heterocycles. The minimum atomic E-state index is -0.444. The van der Waals surface area contributed by atoms with E-state index in [0.29, 0.717) is 6.61 Å². The fourth-order valence-corrected chi connectivity index (χ4v) is 3.80. The lowest BCUT2D eigenvalue weighted by Crippen LogP contribution is -2.21. The van der Waals surface area contributed by atoms with Crippen molar-refractivity contribution < 1.29 is 9.47 Å². The van der Waals surface area contributed by atoms with Crippen molar-refractivity contribution in [2.45, 2.75) is 42.8 Å². The van der Waals surface area contributed by atoms with Gasteiger partial charge in [0, 0.05) is 18.0 Å². The molecule has 0 aliphatic carbocycles. The Morgan fingerprint density at radius 1 is 1.21 bits per heavy atom. The summed E-state index contributed by atoms with van der Waals surface area (Å²) in [5.74, 6) is -0.444. The van der Waals surface area contributed by atoms with E-state index in [2.05, 4.69) is 29.2 Å². The predicted octanol–water partition coefficient (Wildman–Crippen LogP) is 3.49. The monoisotopic (exact) mass is 279 g/mol. The molecule has 0 spiro atoms. The van der Waals surface area contributed by atoms with E-state index in [1.165, 1.54) is 36.5 Å². The molecular weight excluding hydrogens is 258 g/mol. The Morgan fingerprint density at radius 2 is 1.95 bits per heavy atom. The zero-order valence-corrected chi connectivity index (χ0v) is 12.4. The minimum absolute atomic E-state index is 0.0961. The second kappa shape index (κ2) is 5.35. The summed E-state index contributed by atoms with van der Waals surface area (Å²) >= 11 is 1.78. The molecule has 0 amide bonds. The van der Waals surface area contributed by atoms with Crippen molar-refractivity contribution in [1.82, 2.24) is 0 Å². The highest BCUT2D eigenvalue weighted by atomic mass is 32.2. The van der Waals surface area contributed by atoms with Crippen molar-refractivity contribution in [3.05, 3.63) is 24.3 Å². The summed E-state index contributed by atoms with van der Waals surface area (Å²) in [6.07, 6.45) is 2.60. The number of para-hydroxylation sites is 1. The zero-order chi connectivity index (χ0) is 13.3. The van der Waals surface area contributed by atoms with Gasteiger partial charge in [0.1, 0.15) is 5.44 Å². The third kappa shape index (κ3) is 3.07. The Kier molecular flexibility index (Phi) is 3.74. The van der Waals surface area contributed by atoms with Crippen LogP contribution in [0.3, 0.4) is 0 Å². The molecule has 1 unspecified atom stereocenters. The van der Waals surface area contributed by atoms with Gasteiger partial charge in [-0.3, -0.25) is 0 Å². The first-order chi connectivity index (χ1) is 9.14. The maximum atomic E-state index is 5.89.